The first kappa shape index (κ1) is 9.89. The molecule has 4 nitrogen and oxygen atoms in total. The van der Waals surface area contributed by atoms with Gasteiger partial charge in [0, 0.05) is 11.8 Å². The molecule has 0 aromatic carbocycles. The molecule has 2 fully saturated rings. The molecule has 0 spiro atoms. The number of allylic oxidation sites excluding steroid dienone is 2. The molecule has 4 atom stereocenters. The van der Waals surface area contributed by atoms with E-state index in [1.807, 2.05) is 36.4 Å². The summed E-state index contributed by atoms with van der Waals surface area (Å²) in [4.78, 5) is 0. The van der Waals surface area contributed by atoms with Crippen LogP contribution in [0, 0.1) is 79.8 Å². The lowest BCUT2D eigenvalue weighted by Gasteiger charge is -2.47. The van der Waals surface area contributed by atoms with E-state index in [0.717, 1.165) is 6.42 Å². The average molecular weight is 220 g/mol. The highest BCUT2D eigenvalue weighted by Crippen LogP contribution is 2.71. The molecule has 2 saturated carbocycles. The summed E-state index contributed by atoms with van der Waals surface area (Å²) >= 11 is 0. The third-order valence-corrected chi connectivity index (χ3v) is 4.67. The zero-order valence-corrected chi connectivity index (χ0v) is 8.96. The number of nitriles is 4. The average Bonchev–Trinajstić information content (AvgIpc) is 3.18. The molecule has 0 saturated heterocycles. The first-order chi connectivity index (χ1) is 8.20. The van der Waals surface area contributed by atoms with Crippen molar-refractivity contribution in [2.24, 2.45) is 34.5 Å². The van der Waals surface area contributed by atoms with Crippen LogP contribution in [-0.2, 0) is 0 Å². The standard InChI is InChI=1S/C13H8N4/c14-4-12(5-15)10-1-2-11(9-3-8(9)10)13(12,6-16)7-17/h1-2,8-11H,3H2. The van der Waals surface area contributed by atoms with Gasteiger partial charge in [-0.2, -0.15) is 21.0 Å². The second-order valence-electron chi connectivity index (χ2n) is 5.06. The van der Waals surface area contributed by atoms with Crippen LogP contribution in [0.3, 0.4) is 0 Å². The van der Waals surface area contributed by atoms with E-state index in [1.54, 1.807) is 0 Å². The van der Waals surface area contributed by atoms with Crippen molar-refractivity contribution in [3.05, 3.63) is 12.2 Å². The van der Waals surface area contributed by atoms with Crippen molar-refractivity contribution < 1.29 is 0 Å². The van der Waals surface area contributed by atoms with Crippen molar-refractivity contribution in [1.82, 2.24) is 0 Å². The topological polar surface area (TPSA) is 95.2 Å². The number of fused-ring (bicyclic) bond motifs is 1. The molecule has 0 N–H and O–H groups in total. The Labute approximate surface area is 99.0 Å². The van der Waals surface area contributed by atoms with Gasteiger partial charge in [0.05, 0.1) is 24.3 Å². The van der Waals surface area contributed by atoms with Crippen molar-refractivity contribution >= 4 is 0 Å². The van der Waals surface area contributed by atoms with Gasteiger partial charge in [-0.15, -0.1) is 0 Å². The van der Waals surface area contributed by atoms with E-state index in [9.17, 15) is 21.0 Å². The van der Waals surface area contributed by atoms with Crippen LogP contribution in [0.1, 0.15) is 6.42 Å². The first-order valence-electron chi connectivity index (χ1n) is 5.54. The van der Waals surface area contributed by atoms with Gasteiger partial charge in [-0.3, -0.25) is 0 Å². The fraction of sp³-hybridized carbons (Fsp3) is 0.538. The van der Waals surface area contributed by atoms with E-state index < -0.39 is 10.8 Å². The minimum atomic E-state index is -1.49. The van der Waals surface area contributed by atoms with Crippen LogP contribution in [0.5, 0.6) is 0 Å². The monoisotopic (exact) mass is 220 g/mol. The van der Waals surface area contributed by atoms with Crippen LogP contribution in [0.15, 0.2) is 12.2 Å². The van der Waals surface area contributed by atoms with E-state index in [2.05, 4.69) is 0 Å². The molecule has 0 radical (unpaired) electrons. The zero-order valence-electron chi connectivity index (χ0n) is 8.96. The Morgan fingerprint density at radius 3 is 1.41 bits per heavy atom. The van der Waals surface area contributed by atoms with Gasteiger partial charge in [0.1, 0.15) is 0 Å². The minimum absolute atomic E-state index is 0.258. The number of hydrogen-bond donors (Lipinski definition) is 0. The van der Waals surface area contributed by atoms with Crippen molar-refractivity contribution in [2.45, 2.75) is 6.42 Å². The third kappa shape index (κ3) is 0.759. The molecule has 0 aromatic heterocycles. The summed E-state index contributed by atoms with van der Waals surface area (Å²) in [6.07, 6.45) is 4.68. The summed E-state index contributed by atoms with van der Waals surface area (Å²) in [5.74, 6) is 0.122. The molecule has 17 heavy (non-hydrogen) atoms. The van der Waals surface area contributed by atoms with Gasteiger partial charge >= 0.3 is 0 Å². The maximum absolute atomic E-state index is 9.39. The molecule has 0 aromatic rings. The Morgan fingerprint density at radius 2 is 1.12 bits per heavy atom. The fourth-order valence-electron chi connectivity index (χ4n) is 3.74. The summed E-state index contributed by atoms with van der Waals surface area (Å²) in [6.45, 7) is 0. The van der Waals surface area contributed by atoms with Crippen LogP contribution in [-0.4, -0.2) is 0 Å². The lowest BCUT2D eigenvalue weighted by Crippen LogP contribution is -2.54. The van der Waals surface area contributed by atoms with Gasteiger partial charge in [-0.1, -0.05) is 12.2 Å². The van der Waals surface area contributed by atoms with E-state index in [1.165, 1.54) is 0 Å². The van der Waals surface area contributed by atoms with Crippen molar-refractivity contribution in [1.29, 1.82) is 21.0 Å². The van der Waals surface area contributed by atoms with Gasteiger partial charge in [-0.25, -0.2) is 0 Å². The normalized spacial score (nSPS) is 41.2. The Morgan fingerprint density at radius 1 is 0.765 bits per heavy atom. The van der Waals surface area contributed by atoms with Crippen LogP contribution in [0.25, 0.3) is 0 Å². The van der Waals surface area contributed by atoms with Gasteiger partial charge in [-0.05, 0) is 18.3 Å². The minimum Gasteiger partial charge on any atom is -0.196 e. The summed E-state index contributed by atoms with van der Waals surface area (Å²) in [7, 11) is 0. The largest absolute Gasteiger partial charge is 0.196 e. The van der Waals surface area contributed by atoms with Crippen LogP contribution in [0.4, 0.5) is 0 Å². The van der Waals surface area contributed by atoms with Crippen molar-refractivity contribution in [3.8, 4) is 24.3 Å². The first-order valence-corrected chi connectivity index (χ1v) is 5.54. The molecule has 4 aliphatic carbocycles. The molecule has 4 unspecified atom stereocenters. The Bertz CT molecular complexity index is 509. The Hall–Kier alpha value is -2.30. The zero-order chi connectivity index (χ0) is 12.3. The van der Waals surface area contributed by atoms with Crippen molar-refractivity contribution in [2.75, 3.05) is 0 Å². The lowest BCUT2D eigenvalue weighted by atomic mass is 9.47. The predicted octanol–water partition coefficient (Wildman–Crippen LogP) is 1.51. The highest BCUT2D eigenvalue weighted by atomic mass is 14.7. The number of rotatable bonds is 0. The highest BCUT2D eigenvalue weighted by Gasteiger charge is 2.75. The molecule has 2 bridgehead atoms. The highest BCUT2D eigenvalue weighted by molar-refractivity contribution is 5.47. The summed E-state index contributed by atoms with van der Waals surface area (Å²) in [5, 5.41) is 37.6. The summed E-state index contributed by atoms with van der Waals surface area (Å²) in [6, 6.07) is 7.96. The second kappa shape index (κ2) is 2.68. The van der Waals surface area contributed by atoms with Gasteiger partial charge in [0.25, 0.3) is 0 Å². The Balaban J connectivity index is 2.32. The predicted molar refractivity (Wildman–Crippen MR) is 55.0 cm³/mol. The molecule has 4 heteroatoms. The molecular formula is C13H8N4. The fourth-order valence-corrected chi connectivity index (χ4v) is 3.74. The summed E-state index contributed by atoms with van der Waals surface area (Å²) in [5.41, 5.74) is -2.98. The summed E-state index contributed by atoms with van der Waals surface area (Å²) < 4.78 is 0. The molecule has 80 valence electrons. The molecule has 0 aliphatic heterocycles. The van der Waals surface area contributed by atoms with Crippen molar-refractivity contribution in [3.63, 3.8) is 0 Å². The molecule has 4 aliphatic rings. The Kier molecular flexibility index (Phi) is 1.56. The maximum Gasteiger partial charge on any atom is 0.182 e. The van der Waals surface area contributed by atoms with E-state index in [4.69, 9.17) is 0 Å². The van der Waals surface area contributed by atoms with Crippen LogP contribution in [0.2, 0.25) is 0 Å². The van der Waals surface area contributed by atoms with Gasteiger partial charge in [0.15, 0.2) is 10.8 Å². The molecule has 0 amide bonds. The van der Waals surface area contributed by atoms with Gasteiger partial charge < -0.3 is 0 Å². The SMILES string of the molecule is N#CC1(C#N)C2C=CC(C3CC32)C1(C#N)C#N. The van der Waals surface area contributed by atoms with Crippen LogP contribution >= 0.6 is 0 Å². The number of hydrogen-bond acceptors (Lipinski definition) is 4. The van der Waals surface area contributed by atoms with Gasteiger partial charge in [0.2, 0.25) is 0 Å². The maximum atomic E-state index is 9.39. The lowest BCUT2D eigenvalue weighted by molar-refractivity contribution is 0.0799. The van der Waals surface area contributed by atoms with E-state index in [-0.39, 0.29) is 11.8 Å². The molecule has 0 heterocycles. The molecule has 4 rings (SSSR count). The van der Waals surface area contributed by atoms with E-state index >= 15 is 0 Å². The van der Waals surface area contributed by atoms with E-state index in [0.29, 0.717) is 11.8 Å². The number of nitrogens with zero attached hydrogens (tertiary/aromatic N) is 4. The quantitative estimate of drug-likeness (QED) is 0.578. The molecular weight excluding hydrogens is 212 g/mol. The van der Waals surface area contributed by atoms with Crippen LogP contribution < -0.4 is 0 Å². The third-order valence-electron chi connectivity index (χ3n) is 4.67. The smallest absolute Gasteiger partial charge is 0.182 e. The second-order valence-corrected chi connectivity index (χ2v) is 5.06.